The van der Waals surface area contributed by atoms with Crippen LogP contribution in [0, 0.1) is 5.92 Å². The fourth-order valence-electron chi connectivity index (χ4n) is 1.31. The van der Waals surface area contributed by atoms with E-state index in [9.17, 15) is 5.11 Å². The molecule has 15 heavy (non-hydrogen) atoms. The number of anilines is 1. The Labute approximate surface area is 91.1 Å². The van der Waals surface area contributed by atoms with Gasteiger partial charge in [-0.3, -0.25) is 0 Å². The van der Waals surface area contributed by atoms with Gasteiger partial charge in [-0.1, -0.05) is 13.8 Å². The molecule has 0 spiro atoms. The number of aromatic hydroxyl groups is 1. The third-order valence-electron chi connectivity index (χ3n) is 2.23. The van der Waals surface area contributed by atoms with Crippen molar-refractivity contribution in [1.29, 1.82) is 0 Å². The molecule has 0 saturated carbocycles. The van der Waals surface area contributed by atoms with Crippen LogP contribution in [0.1, 0.15) is 20.3 Å². The molecular weight excluding hydrogens is 190 g/mol. The largest absolute Gasteiger partial charge is 0.504 e. The Kier molecular flexibility index (Phi) is 4.28. The lowest BCUT2D eigenvalue weighted by Gasteiger charge is -2.10. The zero-order chi connectivity index (χ0) is 11.3. The highest BCUT2D eigenvalue weighted by Gasteiger charge is 2.01. The van der Waals surface area contributed by atoms with Gasteiger partial charge in [0.15, 0.2) is 11.5 Å². The number of benzene rings is 1. The van der Waals surface area contributed by atoms with Gasteiger partial charge in [-0.15, -0.1) is 0 Å². The van der Waals surface area contributed by atoms with Crippen LogP contribution in [0.2, 0.25) is 0 Å². The smallest absolute Gasteiger partial charge is 0.160 e. The van der Waals surface area contributed by atoms with Crippen LogP contribution in [0.4, 0.5) is 5.69 Å². The van der Waals surface area contributed by atoms with E-state index in [0.717, 1.165) is 18.7 Å². The summed E-state index contributed by atoms with van der Waals surface area (Å²) in [7, 11) is 1.54. The molecule has 0 aliphatic carbocycles. The molecule has 0 atom stereocenters. The molecule has 0 heterocycles. The number of phenols is 1. The van der Waals surface area contributed by atoms with Gasteiger partial charge in [0.25, 0.3) is 0 Å². The van der Waals surface area contributed by atoms with Crippen molar-refractivity contribution in [3.63, 3.8) is 0 Å². The van der Waals surface area contributed by atoms with Gasteiger partial charge in [-0.25, -0.2) is 0 Å². The number of ether oxygens (including phenoxy) is 1. The van der Waals surface area contributed by atoms with E-state index in [4.69, 9.17) is 4.74 Å². The van der Waals surface area contributed by atoms with Crippen LogP contribution in [0.25, 0.3) is 0 Å². The number of methoxy groups -OCH3 is 1. The van der Waals surface area contributed by atoms with Crippen molar-refractivity contribution >= 4 is 5.69 Å². The molecular formula is C12H19NO2. The minimum absolute atomic E-state index is 0.173. The molecule has 3 heteroatoms. The van der Waals surface area contributed by atoms with Crippen molar-refractivity contribution < 1.29 is 9.84 Å². The molecule has 84 valence electrons. The second-order valence-electron chi connectivity index (χ2n) is 4.00. The average Bonchev–Trinajstić information content (AvgIpc) is 2.17. The summed E-state index contributed by atoms with van der Waals surface area (Å²) in [6.45, 7) is 5.30. The number of nitrogens with one attached hydrogen (secondary N) is 1. The molecule has 0 radical (unpaired) electrons. The third kappa shape index (κ3) is 3.70. The first-order chi connectivity index (χ1) is 7.13. The van der Waals surface area contributed by atoms with Gasteiger partial charge in [-0.05, 0) is 24.5 Å². The highest BCUT2D eigenvalue weighted by molar-refractivity contribution is 5.53. The van der Waals surface area contributed by atoms with Gasteiger partial charge in [-0.2, -0.15) is 0 Å². The van der Waals surface area contributed by atoms with Crippen molar-refractivity contribution in [2.24, 2.45) is 5.92 Å². The first-order valence-corrected chi connectivity index (χ1v) is 5.24. The maximum atomic E-state index is 9.53. The summed E-state index contributed by atoms with van der Waals surface area (Å²) in [5.74, 6) is 1.36. The number of hydrogen-bond donors (Lipinski definition) is 2. The van der Waals surface area contributed by atoms with Gasteiger partial charge < -0.3 is 15.2 Å². The van der Waals surface area contributed by atoms with E-state index in [0.29, 0.717) is 11.7 Å². The van der Waals surface area contributed by atoms with E-state index in [1.807, 2.05) is 6.07 Å². The number of phenolic OH excluding ortho intramolecular Hbond substituents is 1. The number of hydrogen-bond acceptors (Lipinski definition) is 3. The highest BCUT2D eigenvalue weighted by atomic mass is 16.5. The quantitative estimate of drug-likeness (QED) is 0.783. The molecule has 1 aromatic rings. The predicted octanol–water partition coefficient (Wildman–Crippen LogP) is 2.86. The Morgan fingerprint density at radius 2 is 2.13 bits per heavy atom. The molecule has 1 aromatic carbocycles. The molecule has 0 bridgehead atoms. The minimum atomic E-state index is 0.173. The van der Waals surface area contributed by atoms with E-state index < -0.39 is 0 Å². The molecule has 0 aromatic heterocycles. The van der Waals surface area contributed by atoms with E-state index in [2.05, 4.69) is 19.2 Å². The molecule has 2 N–H and O–H groups in total. The zero-order valence-electron chi connectivity index (χ0n) is 9.58. The van der Waals surface area contributed by atoms with Gasteiger partial charge >= 0.3 is 0 Å². The monoisotopic (exact) mass is 209 g/mol. The Hall–Kier alpha value is -1.38. The summed E-state index contributed by atoms with van der Waals surface area (Å²) in [6.07, 6.45) is 1.12. The van der Waals surface area contributed by atoms with Crippen molar-refractivity contribution in [3.8, 4) is 11.5 Å². The summed E-state index contributed by atoms with van der Waals surface area (Å²) in [5, 5.41) is 12.8. The second-order valence-corrected chi connectivity index (χ2v) is 4.00. The molecule has 0 fully saturated rings. The summed E-state index contributed by atoms with van der Waals surface area (Å²) in [4.78, 5) is 0. The Morgan fingerprint density at radius 3 is 2.67 bits per heavy atom. The van der Waals surface area contributed by atoms with Crippen LogP contribution in [0.3, 0.4) is 0 Å². The van der Waals surface area contributed by atoms with Crippen LogP contribution in [0.15, 0.2) is 18.2 Å². The third-order valence-corrected chi connectivity index (χ3v) is 2.23. The first kappa shape index (κ1) is 11.7. The average molecular weight is 209 g/mol. The molecule has 0 aliphatic heterocycles. The van der Waals surface area contributed by atoms with Crippen molar-refractivity contribution in [1.82, 2.24) is 0 Å². The minimum Gasteiger partial charge on any atom is -0.504 e. The van der Waals surface area contributed by atoms with Gasteiger partial charge in [0.05, 0.1) is 7.11 Å². The standard InChI is InChI=1S/C12H19NO2/c1-9(2)6-7-13-10-4-5-12(15-3)11(14)8-10/h4-5,8-9,13-14H,6-7H2,1-3H3. The molecule has 0 saturated heterocycles. The topological polar surface area (TPSA) is 41.5 Å². The van der Waals surface area contributed by atoms with Gasteiger partial charge in [0, 0.05) is 18.3 Å². The second kappa shape index (κ2) is 5.49. The first-order valence-electron chi connectivity index (χ1n) is 5.24. The van der Waals surface area contributed by atoms with Gasteiger partial charge in [0.1, 0.15) is 0 Å². The van der Waals surface area contributed by atoms with Crippen molar-refractivity contribution in [2.45, 2.75) is 20.3 Å². The summed E-state index contributed by atoms with van der Waals surface area (Å²) >= 11 is 0. The van der Waals surface area contributed by atoms with E-state index in [1.165, 1.54) is 0 Å². The fraction of sp³-hybridized carbons (Fsp3) is 0.500. The predicted molar refractivity (Wildman–Crippen MR) is 62.6 cm³/mol. The highest BCUT2D eigenvalue weighted by Crippen LogP contribution is 2.28. The van der Waals surface area contributed by atoms with E-state index >= 15 is 0 Å². The maximum absolute atomic E-state index is 9.53. The Bertz CT molecular complexity index is 310. The summed E-state index contributed by atoms with van der Waals surface area (Å²) in [5.41, 5.74) is 0.925. The van der Waals surface area contributed by atoms with Crippen molar-refractivity contribution in [3.05, 3.63) is 18.2 Å². The lowest BCUT2D eigenvalue weighted by atomic mass is 10.1. The van der Waals surface area contributed by atoms with Crippen molar-refractivity contribution in [2.75, 3.05) is 19.0 Å². The summed E-state index contributed by atoms with van der Waals surface area (Å²) < 4.78 is 4.96. The normalized spacial score (nSPS) is 10.4. The number of rotatable bonds is 5. The maximum Gasteiger partial charge on any atom is 0.160 e. The van der Waals surface area contributed by atoms with Crippen LogP contribution >= 0.6 is 0 Å². The Morgan fingerprint density at radius 1 is 1.40 bits per heavy atom. The molecule has 0 aliphatic rings. The molecule has 1 rings (SSSR count). The van der Waals surface area contributed by atoms with E-state index in [-0.39, 0.29) is 5.75 Å². The van der Waals surface area contributed by atoms with E-state index in [1.54, 1.807) is 19.2 Å². The Balaban J connectivity index is 2.52. The summed E-state index contributed by atoms with van der Waals surface area (Å²) in [6, 6.07) is 5.34. The molecule has 3 nitrogen and oxygen atoms in total. The fourth-order valence-corrected chi connectivity index (χ4v) is 1.31. The zero-order valence-corrected chi connectivity index (χ0v) is 9.58. The van der Waals surface area contributed by atoms with Crippen LogP contribution in [0.5, 0.6) is 11.5 Å². The lowest BCUT2D eigenvalue weighted by molar-refractivity contribution is 0.373. The molecule has 0 unspecified atom stereocenters. The van der Waals surface area contributed by atoms with Crippen LogP contribution in [-0.2, 0) is 0 Å². The molecule has 0 amide bonds. The SMILES string of the molecule is COc1ccc(NCCC(C)C)cc1O. The van der Waals surface area contributed by atoms with Crippen LogP contribution < -0.4 is 10.1 Å². The lowest BCUT2D eigenvalue weighted by Crippen LogP contribution is -2.04. The van der Waals surface area contributed by atoms with Gasteiger partial charge in [0.2, 0.25) is 0 Å². The van der Waals surface area contributed by atoms with Crippen LogP contribution in [-0.4, -0.2) is 18.8 Å².